The SMILES string of the molecule is CO[C@H](COc1cncc2nnc(-c3ccc(C#N)cc3)n12)c1ccc(F)c(F)c1. The van der Waals surface area contributed by atoms with Crippen molar-refractivity contribution in [3.05, 3.63) is 77.6 Å². The normalized spacial score (nSPS) is 11.9. The maximum absolute atomic E-state index is 13.6. The molecule has 0 saturated heterocycles. The van der Waals surface area contributed by atoms with E-state index in [1.807, 2.05) is 0 Å². The molecule has 2 aromatic carbocycles. The molecule has 4 rings (SSSR count). The van der Waals surface area contributed by atoms with Crippen LogP contribution in [0.15, 0.2) is 54.9 Å². The summed E-state index contributed by atoms with van der Waals surface area (Å²) in [4.78, 5) is 4.11. The van der Waals surface area contributed by atoms with Gasteiger partial charge in [0, 0.05) is 12.7 Å². The molecular weight excluding hydrogens is 392 g/mol. The van der Waals surface area contributed by atoms with Gasteiger partial charge >= 0.3 is 0 Å². The van der Waals surface area contributed by atoms with Crippen LogP contribution in [0, 0.1) is 23.0 Å². The molecular formula is C21H15F2N5O2. The number of fused-ring (bicyclic) bond motifs is 1. The Labute approximate surface area is 170 Å². The van der Waals surface area contributed by atoms with E-state index in [1.165, 1.54) is 25.6 Å². The van der Waals surface area contributed by atoms with E-state index < -0.39 is 17.7 Å². The fraction of sp³-hybridized carbons (Fsp3) is 0.143. The number of hydrogen-bond acceptors (Lipinski definition) is 6. The molecule has 0 saturated carbocycles. The van der Waals surface area contributed by atoms with Crippen LogP contribution in [0.5, 0.6) is 5.88 Å². The molecule has 0 aliphatic rings. The monoisotopic (exact) mass is 407 g/mol. The molecule has 0 radical (unpaired) electrons. The standard InChI is InChI=1S/C21H15F2N5O2/c1-29-18(15-6-7-16(22)17(23)8-15)12-30-20-11-25-10-19-26-27-21(28(19)20)14-4-2-13(9-24)3-5-14/h2-8,10-11,18H,12H2,1H3/t18-/m1/s1. The third-order valence-electron chi connectivity index (χ3n) is 4.54. The van der Waals surface area contributed by atoms with Gasteiger partial charge in [0.1, 0.15) is 12.7 Å². The Bertz CT molecular complexity index is 1230. The summed E-state index contributed by atoms with van der Waals surface area (Å²) in [6.45, 7) is 0.0212. The Balaban J connectivity index is 1.64. The van der Waals surface area contributed by atoms with Crippen molar-refractivity contribution in [2.75, 3.05) is 13.7 Å². The average molecular weight is 407 g/mol. The number of ether oxygens (including phenoxy) is 2. The number of rotatable bonds is 6. The van der Waals surface area contributed by atoms with Gasteiger partial charge in [-0.1, -0.05) is 6.07 Å². The highest BCUT2D eigenvalue weighted by Gasteiger charge is 2.17. The predicted octanol–water partition coefficient (Wildman–Crippen LogP) is 3.71. The second kappa shape index (κ2) is 8.23. The van der Waals surface area contributed by atoms with Gasteiger partial charge in [-0.15, -0.1) is 10.2 Å². The van der Waals surface area contributed by atoms with Crippen molar-refractivity contribution in [2.45, 2.75) is 6.10 Å². The van der Waals surface area contributed by atoms with Gasteiger partial charge < -0.3 is 9.47 Å². The first-order valence-electron chi connectivity index (χ1n) is 8.91. The van der Waals surface area contributed by atoms with Crippen molar-refractivity contribution in [3.63, 3.8) is 0 Å². The summed E-state index contributed by atoms with van der Waals surface area (Å²) in [5.41, 5.74) is 2.17. The average Bonchev–Trinajstić information content (AvgIpc) is 3.21. The maximum Gasteiger partial charge on any atom is 0.220 e. The van der Waals surface area contributed by atoms with Crippen LogP contribution in [-0.4, -0.2) is 33.3 Å². The molecule has 0 fully saturated rings. The smallest absolute Gasteiger partial charge is 0.220 e. The summed E-state index contributed by atoms with van der Waals surface area (Å²) in [6, 6.07) is 12.5. The fourth-order valence-corrected chi connectivity index (χ4v) is 2.98. The molecule has 9 heteroatoms. The lowest BCUT2D eigenvalue weighted by atomic mass is 10.1. The highest BCUT2D eigenvalue weighted by atomic mass is 19.2. The second-order valence-electron chi connectivity index (χ2n) is 6.36. The molecule has 30 heavy (non-hydrogen) atoms. The van der Waals surface area contributed by atoms with E-state index in [0.29, 0.717) is 28.5 Å². The fourth-order valence-electron chi connectivity index (χ4n) is 2.98. The zero-order chi connectivity index (χ0) is 21.1. The van der Waals surface area contributed by atoms with Gasteiger partial charge in [0.15, 0.2) is 23.1 Å². The molecule has 0 bridgehead atoms. The van der Waals surface area contributed by atoms with Crippen LogP contribution in [0.4, 0.5) is 8.78 Å². The minimum atomic E-state index is -0.958. The number of hydrogen-bond donors (Lipinski definition) is 0. The predicted molar refractivity (Wildman–Crippen MR) is 103 cm³/mol. The molecule has 150 valence electrons. The van der Waals surface area contributed by atoms with Crippen molar-refractivity contribution in [1.29, 1.82) is 5.26 Å². The molecule has 1 atom stereocenters. The zero-order valence-corrected chi connectivity index (χ0v) is 15.8. The van der Waals surface area contributed by atoms with Crippen molar-refractivity contribution in [1.82, 2.24) is 19.6 Å². The number of aromatic nitrogens is 4. The first-order chi connectivity index (χ1) is 14.6. The van der Waals surface area contributed by atoms with Crippen LogP contribution < -0.4 is 4.74 Å². The first-order valence-corrected chi connectivity index (χ1v) is 8.91. The minimum absolute atomic E-state index is 0.0212. The van der Waals surface area contributed by atoms with Gasteiger partial charge in [0.25, 0.3) is 0 Å². The van der Waals surface area contributed by atoms with E-state index in [2.05, 4.69) is 21.3 Å². The molecule has 0 aliphatic carbocycles. The van der Waals surface area contributed by atoms with Crippen molar-refractivity contribution >= 4 is 5.65 Å². The van der Waals surface area contributed by atoms with Crippen molar-refractivity contribution in [3.8, 4) is 23.3 Å². The summed E-state index contributed by atoms with van der Waals surface area (Å²) in [6.07, 6.45) is 2.41. The Morgan fingerprint density at radius 3 is 2.57 bits per heavy atom. The Morgan fingerprint density at radius 1 is 1.07 bits per heavy atom. The Morgan fingerprint density at radius 2 is 1.87 bits per heavy atom. The number of halogens is 2. The van der Waals surface area contributed by atoms with Gasteiger partial charge in [-0.25, -0.2) is 13.2 Å². The van der Waals surface area contributed by atoms with Gasteiger partial charge in [-0.05, 0) is 42.0 Å². The summed E-state index contributed by atoms with van der Waals surface area (Å²) in [7, 11) is 1.45. The van der Waals surface area contributed by atoms with E-state index in [0.717, 1.165) is 17.7 Å². The number of methoxy groups -OCH3 is 1. The van der Waals surface area contributed by atoms with Gasteiger partial charge in [0.05, 0.1) is 24.0 Å². The summed E-state index contributed by atoms with van der Waals surface area (Å²) < 4.78 is 39.7. The van der Waals surface area contributed by atoms with Crippen LogP contribution in [0.3, 0.4) is 0 Å². The van der Waals surface area contributed by atoms with Crippen molar-refractivity contribution in [2.24, 2.45) is 0 Å². The molecule has 0 N–H and O–H groups in total. The van der Waals surface area contributed by atoms with E-state index in [9.17, 15) is 8.78 Å². The van der Waals surface area contributed by atoms with Gasteiger partial charge in [-0.2, -0.15) is 5.26 Å². The lowest BCUT2D eigenvalue weighted by molar-refractivity contribution is 0.0551. The largest absolute Gasteiger partial charge is 0.474 e. The van der Waals surface area contributed by atoms with Crippen molar-refractivity contribution < 1.29 is 18.3 Å². The minimum Gasteiger partial charge on any atom is -0.474 e. The van der Waals surface area contributed by atoms with Crippen LogP contribution in [0.1, 0.15) is 17.2 Å². The van der Waals surface area contributed by atoms with E-state index in [-0.39, 0.29) is 6.61 Å². The molecule has 4 aromatic rings. The van der Waals surface area contributed by atoms with E-state index >= 15 is 0 Å². The van der Waals surface area contributed by atoms with Crippen LogP contribution in [0.2, 0.25) is 0 Å². The molecule has 0 amide bonds. The number of nitrogens with zero attached hydrogens (tertiary/aromatic N) is 5. The van der Waals surface area contributed by atoms with E-state index in [1.54, 1.807) is 28.7 Å². The van der Waals surface area contributed by atoms with Gasteiger partial charge in [0.2, 0.25) is 5.88 Å². The summed E-state index contributed by atoms with van der Waals surface area (Å²) >= 11 is 0. The highest BCUT2D eigenvalue weighted by Crippen LogP contribution is 2.25. The van der Waals surface area contributed by atoms with Crippen LogP contribution in [0.25, 0.3) is 17.0 Å². The number of benzene rings is 2. The molecule has 0 unspecified atom stereocenters. The maximum atomic E-state index is 13.6. The van der Waals surface area contributed by atoms with Crippen LogP contribution >= 0.6 is 0 Å². The topological polar surface area (TPSA) is 85.3 Å². The molecule has 7 nitrogen and oxygen atoms in total. The lowest BCUT2D eigenvalue weighted by Crippen LogP contribution is -2.14. The third-order valence-corrected chi connectivity index (χ3v) is 4.54. The third kappa shape index (κ3) is 3.68. The highest BCUT2D eigenvalue weighted by molar-refractivity contribution is 5.61. The number of nitriles is 1. The molecule has 0 aliphatic heterocycles. The second-order valence-corrected chi connectivity index (χ2v) is 6.36. The zero-order valence-electron chi connectivity index (χ0n) is 15.8. The molecule has 2 aromatic heterocycles. The molecule has 2 heterocycles. The first kappa shape index (κ1) is 19.4. The Kier molecular flexibility index (Phi) is 5.32. The quantitative estimate of drug-likeness (QED) is 0.484. The van der Waals surface area contributed by atoms with Crippen LogP contribution in [-0.2, 0) is 4.74 Å². The van der Waals surface area contributed by atoms with Gasteiger partial charge in [-0.3, -0.25) is 4.98 Å². The molecule has 0 spiro atoms. The van der Waals surface area contributed by atoms with E-state index in [4.69, 9.17) is 14.7 Å². The summed E-state index contributed by atoms with van der Waals surface area (Å²) in [5.74, 6) is -1.03. The summed E-state index contributed by atoms with van der Waals surface area (Å²) in [5, 5.41) is 17.3. The Hall–Kier alpha value is -3.90. The lowest BCUT2D eigenvalue weighted by Gasteiger charge is -2.17.